The van der Waals surface area contributed by atoms with Crippen LogP contribution in [0, 0.1) is 22.7 Å². The number of Topliss-reactive ketones (excluding diaryl/α,β-unsaturated/α-hetero) is 1. The standard InChI is InChI=1S/C16H12N4O/c1-11(21)16(5-4-14-9-19-10-20(14)16)15-3-2-12(7-17)6-13(15)8-18/h2-3,6,9-10H,4-5H2,1H3. The van der Waals surface area contributed by atoms with E-state index >= 15 is 0 Å². The van der Waals surface area contributed by atoms with Crippen molar-refractivity contribution in [1.29, 1.82) is 10.5 Å². The van der Waals surface area contributed by atoms with Gasteiger partial charge < -0.3 is 4.57 Å². The van der Waals surface area contributed by atoms with Gasteiger partial charge in [-0.25, -0.2) is 4.98 Å². The molecule has 1 aromatic heterocycles. The zero-order chi connectivity index (χ0) is 15.0. The summed E-state index contributed by atoms with van der Waals surface area (Å²) in [5.41, 5.74) is 1.53. The Morgan fingerprint density at radius 1 is 1.38 bits per heavy atom. The summed E-state index contributed by atoms with van der Waals surface area (Å²) in [5, 5.41) is 18.4. The van der Waals surface area contributed by atoms with Crippen LogP contribution in [0.4, 0.5) is 0 Å². The number of rotatable bonds is 2. The van der Waals surface area contributed by atoms with Gasteiger partial charge in [0, 0.05) is 17.5 Å². The fourth-order valence-corrected chi connectivity index (χ4v) is 3.15. The van der Waals surface area contributed by atoms with Gasteiger partial charge in [0.2, 0.25) is 0 Å². The van der Waals surface area contributed by atoms with Gasteiger partial charge in [-0.05, 0) is 31.9 Å². The minimum atomic E-state index is -0.884. The molecule has 0 radical (unpaired) electrons. The van der Waals surface area contributed by atoms with Gasteiger partial charge in [-0.2, -0.15) is 10.5 Å². The van der Waals surface area contributed by atoms with Crippen molar-refractivity contribution < 1.29 is 4.79 Å². The molecule has 3 rings (SSSR count). The number of aryl methyl sites for hydroxylation is 1. The van der Waals surface area contributed by atoms with Crippen LogP contribution in [0.1, 0.15) is 35.7 Å². The number of ketones is 1. The van der Waals surface area contributed by atoms with E-state index in [-0.39, 0.29) is 5.78 Å². The second kappa shape index (κ2) is 4.57. The zero-order valence-electron chi connectivity index (χ0n) is 11.5. The summed E-state index contributed by atoms with van der Waals surface area (Å²) in [4.78, 5) is 16.5. The summed E-state index contributed by atoms with van der Waals surface area (Å²) in [6, 6.07) is 9.03. The predicted molar refractivity (Wildman–Crippen MR) is 74.2 cm³/mol. The van der Waals surface area contributed by atoms with Crippen LogP contribution >= 0.6 is 0 Å². The number of carbonyl (C=O) groups is 1. The normalized spacial score (nSPS) is 19.6. The van der Waals surface area contributed by atoms with Gasteiger partial charge in [0.15, 0.2) is 5.78 Å². The fourth-order valence-electron chi connectivity index (χ4n) is 3.15. The molecule has 5 nitrogen and oxygen atoms in total. The molecule has 0 saturated heterocycles. The molecule has 0 saturated carbocycles. The molecule has 0 fully saturated rings. The van der Waals surface area contributed by atoms with E-state index in [1.165, 1.54) is 13.0 Å². The minimum absolute atomic E-state index is 0.0274. The predicted octanol–water partition coefficient (Wildman–Crippen LogP) is 1.91. The van der Waals surface area contributed by atoms with E-state index < -0.39 is 5.54 Å². The van der Waals surface area contributed by atoms with Crippen LogP contribution in [-0.4, -0.2) is 15.3 Å². The average Bonchev–Trinajstić information content (AvgIpc) is 3.08. The Kier molecular flexibility index (Phi) is 2.85. The van der Waals surface area contributed by atoms with E-state index in [4.69, 9.17) is 5.26 Å². The quantitative estimate of drug-likeness (QED) is 0.838. The molecule has 1 aromatic carbocycles. The number of nitriles is 2. The van der Waals surface area contributed by atoms with Gasteiger partial charge in [-0.3, -0.25) is 4.79 Å². The van der Waals surface area contributed by atoms with Crippen molar-refractivity contribution in [2.45, 2.75) is 25.3 Å². The minimum Gasteiger partial charge on any atom is -0.317 e. The van der Waals surface area contributed by atoms with E-state index in [1.807, 2.05) is 10.6 Å². The first-order valence-corrected chi connectivity index (χ1v) is 6.61. The second-order valence-corrected chi connectivity index (χ2v) is 5.16. The molecule has 1 aliphatic rings. The molecule has 1 atom stereocenters. The molecule has 0 aliphatic carbocycles. The lowest BCUT2D eigenvalue weighted by Gasteiger charge is -2.30. The van der Waals surface area contributed by atoms with Crippen LogP contribution in [0.2, 0.25) is 0 Å². The lowest BCUT2D eigenvalue weighted by atomic mass is 9.81. The van der Waals surface area contributed by atoms with Crippen molar-refractivity contribution in [1.82, 2.24) is 9.55 Å². The first kappa shape index (κ1) is 13.1. The lowest BCUT2D eigenvalue weighted by Crippen LogP contribution is -2.39. The van der Waals surface area contributed by atoms with E-state index in [9.17, 15) is 10.1 Å². The summed E-state index contributed by atoms with van der Waals surface area (Å²) < 4.78 is 1.86. The highest BCUT2D eigenvalue weighted by atomic mass is 16.1. The Labute approximate surface area is 122 Å². The smallest absolute Gasteiger partial charge is 0.160 e. The van der Waals surface area contributed by atoms with E-state index in [1.54, 1.807) is 24.7 Å². The van der Waals surface area contributed by atoms with Crippen LogP contribution in [0.15, 0.2) is 30.7 Å². The highest BCUT2D eigenvalue weighted by Gasteiger charge is 2.45. The number of hydrogen-bond acceptors (Lipinski definition) is 4. The largest absolute Gasteiger partial charge is 0.317 e. The van der Waals surface area contributed by atoms with Crippen molar-refractivity contribution in [3.05, 3.63) is 53.1 Å². The molecular weight excluding hydrogens is 264 g/mol. The summed E-state index contributed by atoms with van der Waals surface area (Å²) in [6.45, 7) is 1.54. The van der Waals surface area contributed by atoms with E-state index in [2.05, 4.69) is 11.1 Å². The Bertz CT molecular complexity index is 822. The Balaban J connectivity index is 2.30. The Hall–Kier alpha value is -2.92. The Morgan fingerprint density at radius 3 is 2.86 bits per heavy atom. The summed E-state index contributed by atoms with van der Waals surface area (Å²) in [7, 11) is 0. The van der Waals surface area contributed by atoms with Crippen molar-refractivity contribution in [3.8, 4) is 12.1 Å². The zero-order valence-corrected chi connectivity index (χ0v) is 11.5. The maximum absolute atomic E-state index is 12.4. The van der Waals surface area contributed by atoms with Gasteiger partial charge in [-0.15, -0.1) is 0 Å². The molecular formula is C16H12N4O. The molecule has 0 bridgehead atoms. The van der Waals surface area contributed by atoms with Gasteiger partial charge >= 0.3 is 0 Å². The van der Waals surface area contributed by atoms with Crippen molar-refractivity contribution in [2.24, 2.45) is 0 Å². The number of nitrogens with zero attached hydrogens (tertiary/aromatic N) is 4. The third kappa shape index (κ3) is 1.68. The number of benzene rings is 1. The third-order valence-corrected chi connectivity index (χ3v) is 4.17. The van der Waals surface area contributed by atoms with Gasteiger partial charge in [0.1, 0.15) is 5.54 Å². The number of hydrogen-bond donors (Lipinski definition) is 0. The van der Waals surface area contributed by atoms with E-state index in [0.717, 1.165) is 12.1 Å². The van der Waals surface area contributed by atoms with E-state index in [0.29, 0.717) is 23.1 Å². The lowest BCUT2D eigenvalue weighted by molar-refractivity contribution is -0.123. The number of carbonyl (C=O) groups excluding carboxylic acids is 1. The third-order valence-electron chi connectivity index (χ3n) is 4.17. The van der Waals surface area contributed by atoms with Gasteiger partial charge in [0.25, 0.3) is 0 Å². The molecule has 102 valence electrons. The average molecular weight is 276 g/mol. The highest BCUT2D eigenvalue weighted by molar-refractivity contribution is 5.89. The topological polar surface area (TPSA) is 82.5 Å². The number of imidazole rings is 1. The van der Waals surface area contributed by atoms with Crippen LogP contribution in [0.5, 0.6) is 0 Å². The maximum Gasteiger partial charge on any atom is 0.160 e. The van der Waals surface area contributed by atoms with Crippen LogP contribution in [0.25, 0.3) is 0 Å². The first-order chi connectivity index (χ1) is 10.1. The number of fused-ring (bicyclic) bond motifs is 1. The Morgan fingerprint density at radius 2 is 2.19 bits per heavy atom. The van der Waals surface area contributed by atoms with Gasteiger partial charge in [0.05, 0.1) is 29.6 Å². The molecule has 0 N–H and O–H groups in total. The molecule has 5 heteroatoms. The van der Waals surface area contributed by atoms with Crippen molar-refractivity contribution >= 4 is 5.78 Å². The fraction of sp³-hybridized carbons (Fsp3) is 0.250. The molecule has 0 spiro atoms. The molecule has 21 heavy (non-hydrogen) atoms. The molecule has 1 aliphatic heterocycles. The maximum atomic E-state index is 12.4. The highest BCUT2D eigenvalue weighted by Crippen LogP contribution is 2.40. The SMILES string of the molecule is CC(=O)C1(c2ccc(C#N)cc2C#N)CCc2cncn21. The summed E-state index contributed by atoms with van der Waals surface area (Å²) in [6.07, 6.45) is 4.74. The molecule has 0 amide bonds. The molecule has 1 unspecified atom stereocenters. The molecule has 2 heterocycles. The van der Waals surface area contributed by atoms with Crippen LogP contribution < -0.4 is 0 Å². The van der Waals surface area contributed by atoms with Crippen LogP contribution in [-0.2, 0) is 16.8 Å². The summed E-state index contributed by atoms with van der Waals surface area (Å²) >= 11 is 0. The second-order valence-electron chi connectivity index (χ2n) is 5.16. The van der Waals surface area contributed by atoms with Gasteiger partial charge in [-0.1, -0.05) is 6.07 Å². The summed E-state index contributed by atoms with van der Waals surface area (Å²) in [5.74, 6) is -0.0274. The van der Waals surface area contributed by atoms with Crippen molar-refractivity contribution in [2.75, 3.05) is 0 Å². The monoisotopic (exact) mass is 276 g/mol. The van der Waals surface area contributed by atoms with Crippen LogP contribution in [0.3, 0.4) is 0 Å². The van der Waals surface area contributed by atoms with Crippen molar-refractivity contribution in [3.63, 3.8) is 0 Å². The first-order valence-electron chi connectivity index (χ1n) is 6.61. The molecule has 2 aromatic rings. The number of aromatic nitrogens is 2.